The smallest absolute Gasteiger partial charge is 0.269 e. The van der Waals surface area contributed by atoms with E-state index in [9.17, 15) is 18.0 Å². The van der Waals surface area contributed by atoms with Gasteiger partial charge in [0.25, 0.3) is 21.8 Å². The van der Waals surface area contributed by atoms with Gasteiger partial charge in [-0.05, 0) is 36.4 Å². The zero-order valence-electron chi connectivity index (χ0n) is 14.6. The first kappa shape index (κ1) is 20.1. The van der Waals surface area contributed by atoms with Gasteiger partial charge < -0.3 is 0 Å². The van der Waals surface area contributed by atoms with Crippen LogP contribution in [0.3, 0.4) is 0 Å². The highest BCUT2D eigenvalue weighted by Gasteiger charge is 2.29. The summed E-state index contributed by atoms with van der Waals surface area (Å²) in [6.45, 7) is 5.32. The highest BCUT2D eigenvalue weighted by Crippen LogP contribution is 2.17. The Hall–Kier alpha value is -2.23. The molecule has 0 saturated heterocycles. The topological polar surface area (TPSA) is 104 Å². The molecule has 0 aliphatic rings. The molecule has 0 aliphatic heterocycles. The van der Waals surface area contributed by atoms with Crippen molar-refractivity contribution in [2.75, 3.05) is 0 Å². The molecular formula is C17H21N3O4S2. The van der Waals surface area contributed by atoms with E-state index in [0.717, 1.165) is 16.9 Å². The molecule has 0 bridgehead atoms. The lowest BCUT2D eigenvalue weighted by Crippen LogP contribution is -2.54. The molecule has 7 nitrogen and oxygen atoms in total. The Morgan fingerprint density at radius 2 is 1.69 bits per heavy atom. The largest absolute Gasteiger partial charge is 0.271 e. The van der Waals surface area contributed by atoms with Crippen molar-refractivity contribution in [3.63, 3.8) is 0 Å². The van der Waals surface area contributed by atoms with Crippen molar-refractivity contribution in [2.24, 2.45) is 5.92 Å². The van der Waals surface area contributed by atoms with Gasteiger partial charge in [0.1, 0.15) is 10.3 Å². The number of hydrogen-bond donors (Lipinski definition) is 3. The van der Waals surface area contributed by atoms with Crippen LogP contribution in [0.1, 0.15) is 29.8 Å². The van der Waals surface area contributed by atoms with Crippen LogP contribution >= 0.6 is 11.3 Å². The van der Waals surface area contributed by atoms with Crippen molar-refractivity contribution < 1.29 is 18.0 Å². The first-order valence-electron chi connectivity index (χ1n) is 7.93. The summed E-state index contributed by atoms with van der Waals surface area (Å²) in [6, 6.07) is 8.88. The normalized spacial score (nSPS) is 12.6. The fraction of sp³-hybridized carbons (Fsp3) is 0.294. The molecule has 2 rings (SSSR count). The lowest BCUT2D eigenvalue weighted by atomic mass is 10.1. The van der Waals surface area contributed by atoms with Crippen LogP contribution in [0.25, 0.3) is 0 Å². The van der Waals surface area contributed by atoms with Crippen molar-refractivity contribution in [1.82, 2.24) is 15.6 Å². The average molecular weight is 396 g/mol. The maximum Gasteiger partial charge on any atom is 0.269 e. The number of hydrogen-bond acceptors (Lipinski definition) is 5. The SMILES string of the molecule is Cc1ccc(C(=O)NNC(=O)[C@@H](NS(=O)(=O)c2cccs2)C(C)C)cc1. The van der Waals surface area contributed by atoms with E-state index in [1.165, 1.54) is 6.07 Å². The van der Waals surface area contributed by atoms with Gasteiger partial charge in [-0.3, -0.25) is 20.4 Å². The number of rotatable bonds is 6. The van der Waals surface area contributed by atoms with Crippen LogP contribution < -0.4 is 15.6 Å². The fourth-order valence-corrected chi connectivity index (χ4v) is 4.46. The standard InChI is InChI=1S/C17H21N3O4S2/c1-11(2)15(20-26(23,24)14-5-4-10-25-14)17(22)19-18-16(21)13-8-6-12(3)7-9-13/h4-11,15,20H,1-3H3,(H,18,21)(H,19,22)/t15-/m0/s1. The first-order chi connectivity index (χ1) is 12.2. The maximum absolute atomic E-state index is 12.4. The number of amides is 2. The number of carbonyl (C=O) groups excluding carboxylic acids is 2. The Morgan fingerprint density at radius 3 is 2.23 bits per heavy atom. The van der Waals surface area contributed by atoms with Gasteiger partial charge in [0, 0.05) is 5.56 Å². The molecule has 2 aromatic rings. The molecule has 26 heavy (non-hydrogen) atoms. The van der Waals surface area contributed by atoms with Crippen molar-refractivity contribution in [1.29, 1.82) is 0 Å². The van der Waals surface area contributed by atoms with Gasteiger partial charge in [0.15, 0.2) is 0 Å². The zero-order chi connectivity index (χ0) is 19.3. The van der Waals surface area contributed by atoms with Crippen molar-refractivity contribution in [3.8, 4) is 0 Å². The molecule has 0 aliphatic carbocycles. The van der Waals surface area contributed by atoms with Crippen molar-refractivity contribution in [3.05, 3.63) is 52.9 Å². The van der Waals surface area contributed by atoms with Crippen LogP contribution in [-0.2, 0) is 14.8 Å². The third-order valence-electron chi connectivity index (χ3n) is 3.60. The number of hydrazine groups is 1. The molecule has 1 aromatic heterocycles. The second kappa shape index (κ2) is 8.43. The van der Waals surface area contributed by atoms with E-state index < -0.39 is 27.9 Å². The molecule has 9 heteroatoms. The van der Waals surface area contributed by atoms with Crippen LogP contribution in [0, 0.1) is 12.8 Å². The summed E-state index contributed by atoms with van der Waals surface area (Å²) in [4.78, 5) is 24.4. The summed E-state index contributed by atoms with van der Waals surface area (Å²) >= 11 is 1.06. The minimum atomic E-state index is -3.81. The summed E-state index contributed by atoms with van der Waals surface area (Å²) in [5, 5.41) is 1.64. The fourth-order valence-electron chi connectivity index (χ4n) is 2.11. The van der Waals surface area contributed by atoms with Crippen LogP contribution in [0.15, 0.2) is 46.0 Å². The Balaban J connectivity index is 2.02. The van der Waals surface area contributed by atoms with Gasteiger partial charge in [-0.15, -0.1) is 11.3 Å². The highest BCUT2D eigenvalue weighted by molar-refractivity contribution is 7.91. The van der Waals surface area contributed by atoms with E-state index in [-0.39, 0.29) is 10.1 Å². The van der Waals surface area contributed by atoms with E-state index in [1.54, 1.807) is 49.6 Å². The summed E-state index contributed by atoms with van der Waals surface area (Å²) in [7, 11) is -3.81. The molecular weight excluding hydrogens is 374 g/mol. The molecule has 1 heterocycles. The number of nitrogens with one attached hydrogen (secondary N) is 3. The number of carbonyl (C=O) groups is 2. The molecule has 0 saturated carbocycles. The number of benzene rings is 1. The summed E-state index contributed by atoms with van der Waals surface area (Å²) < 4.78 is 27.2. The average Bonchev–Trinajstić information content (AvgIpc) is 3.13. The monoisotopic (exact) mass is 395 g/mol. The third kappa shape index (κ3) is 5.13. The molecule has 2 amide bonds. The minimum Gasteiger partial charge on any atom is -0.271 e. The minimum absolute atomic E-state index is 0.125. The van der Waals surface area contributed by atoms with Gasteiger partial charge in [0.05, 0.1) is 0 Å². The Kier molecular flexibility index (Phi) is 6.52. The molecule has 0 spiro atoms. The molecule has 0 radical (unpaired) electrons. The zero-order valence-corrected chi connectivity index (χ0v) is 16.3. The quantitative estimate of drug-likeness (QED) is 0.649. The third-order valence-corrected chi connectivity index (χ3v) is 6.44. The number of sulfonamides is 1. The van der Waals surface area contributed by atoms with Crippen molar-refractivity contribution >= 4 is 33.2 Å². The van der Waals surface area contributed by atoms with Gasteiger partial charge in [-0.2, -0.15) is 4.72 Å². The van der Waals surface area contributed by atoms with Gasteiger partial charge >= 0.3 is 0 Å². The second-order valence-corrected chi connectivity index (χ2v) is 8.97. The molecule has 1 atom stereocenters. The molecule has 3 N–H and O–H groups in total. The molecule has 140 valence electrons. The van der Waals surface area contributed by atoms with E-state index in [0.29, 0.717) is 5.56 Å². The lowest BCUT2D eigenvalue weighted by molar-refractivity contribution is -0.124. The lowest BCUT2D eigenvalue weighted by Gasteiger charge is -2.21. The van der Waals surface area contributed by atoms with Crippen LogP contribution in [0.5, 0.6) is 0 Å². The van der Waals surface area contributed by atoms with Gasteiger partial charge in [0.2, 0.25) is 0 Å². The predicted octanol–water partition coefficient (Wildman–Crippen LogP) is 1.82. The molecule has 1 aromatic carbocycles. The highest BCUT2D eigenvalue weighted by atomic mass is 32.2. The van der Waals surface area contributed by atoms with Crippen molar-refractivity contribution in [2.45, 2.75) is 31.0 Å². The second-order valence-electron chi connectivity index (χ2n) is 6.08. The van der Waals surface area contributed by atoms with E-state index in [1.807, 2.05) is 6.92 Å². The number of thiophene rings is 1. The van der Waals surface area contributed by atoms with E-state index in [4.69, 9.17) is 0 Å². The van der Waals surface area contributed by atoms with Crippen LogP contribution in [0.4, 0.5) is 0 Å². The van der Waals surface area contributed by atoms with Gasteiger partial charge in [-0.1, -0.05) is 37.6 Å². The maximum atomic E-state index is 12.4. The van der Waals surface area contributed by atoms with Crippen LogP contribution in [-0.4, -0.2) is 26.3 Å². The Labute approximate surface area is 156 Å². The predicted molar refractivity (Wildman–Crippen MR) is 100 cm³/mol. The van der Waals surface area contributed by atoms with E-state index >= 15 is 0 Å². The Bertz CT molecular complexity index is 860. The molecule has 0 fully saturated rings. The number of aryl methyl sites for hydroxylation is 1. The Morgan fingerprint density at radius 1 is 1.04 bits per heavy atom. The first-order valence-corrected chi connectivity index (χ1v) is 10.3. The summed E-state index contributed by atoms with van der Waals surface area (Å²) in [5.74, 6) is -1.44. The van der Waals surface area contributed by atoms with E-state index in [2.05, 4.69) is 15.6 Å². The van der Waals surface area contributed by atoms with Gasteiger partial charge in [-0.25, -0.2) is 8.42 Å². The summed E-state index contributed by atoms with van der Waals surface area (Å²) in [5.41, 5.74) is 5.98. The molecule has 0 unspecified atom stereocenters. The summed E-state index contributed by atoms with van der Waals surface area (Å²) in [6.07, 6.45) is 0. The van der Waals surface area contributed by atoms with Crippen LogP contribution in [0.2, 0.25) is 0 Å².